The van der Waals surface area contributed by atoms with E-state index in [-0.39, 0.29) is 18.9 Å². The second-order valence-electron chi connectivity index (χ2n) is 6.75. The van der Waals surface area contributed by atoms with Crippen molar-refractivity contribution in [3.8, 4) is 11.1 Å². The summed E-state index contributed by atoms with van der Waals surface area (Å²) in [6.07, 6.45) is 0.191. The Hall–Kier alpha value is -3.55. The van der Waals surface area contributed by atoms with Crippen molar-refractivity contribution < 1.29 is 14.8 Å². The van der Waals surface area contributed by atoms with Crippen molar-refractivity contribution in [1.29, 1.82) is 0 Å². The van der Waals surface area contributed by atoms with Gasteiger partial charge in [0.1, 0.15) is 5.01 Å². The minimum Gasteiger partial charge on any atom is -0.352 e. The van der Waals surface area contributed by atoms with E-state index in [0.29, 0.717) is 5.56 Å². The van der Waals surface area contributed by atoms with Gasteiger partial charge in [0, 0.05) is 12.1 Å². The first-order chi connectivity index (χ1) is 14.6. The maximum Gasteiger partial charge on any atom is 0.274 e. The van der Waals surface area contributed by atoms with Crippen LogP contribution in [0.25, 0.3) is 21.3 Å². The topological polar surface area (TPSA) is 91.3 Å². The molecule has 0 unspecified atom stereocenters. The van der Waals surface area contributed by atoms with Crippen LogP contribution in [0.5, 0.6) is 0 Å². The molecule has 0 bridgehead atoms. The van der Waals surface area contributed by atoms with Crippen molar-refractivity contribution in [2.45, 2.75) is 13.0 Å². The van der Waals surface area contributed by atoms with E-state index in [1.165, 1.54) is 11.3 Å². The van der Waals surface area contributed by atoms with Crippen molar-refractivity contribution in [1.82, 2.24) is 15.8 Å². The molecule has 30 heavy (non-hydrogen) atoms. The fourth-order valence-corrected chi connectivity index (χ4v) is 4.15. The molecule has 150 valence electrons. The molecule has 4 aromatic rings. The summed E-state index contributed by atoms with van der Waals surface area (Å²) >= 11 is 1.51. The van der Waals surface area contributed by atoms with Crippen LogP contribution in [0.2, 0.25) is 0 Å². The molecule has 3 N–H and O–H groups in total. The van der Waals surface area contributed by atoms with Gasteiger partial charge in [-0.05, 0) is 41.0 Å². The molecule has 0 atom stereocenters. The first kappa shape index (κ1) is 19.8. The van der Waals surface area contributed by atoms with Gasteiger partial charge in [-0.2, -0.15) is 0 Å². The number of amides is 2. The van der Waals surface area contributed by atoms with E-state index < -0.39 is 5.91 Å². The van der Waals surface area contributed by atoms with Crippen LogP contribution < -0.4 is 10.8 Å². The molecule has 6 nitrogen and oxygen atoms in total. The van der Waals surface area contributed by atoms with E-state index in [1.54, 1.807) is 29.7 Å². The highest BCUT2D eigenvalue weighted by atomic mass is 32.1. The van der Waals surface area contributed by atoms with E-state index in [4.69, 9.17) is 5.21 Å². The zero-order chi connectivity index (χ0) is 20.9. The summed E-state index contributed by atoms with van der Waals surface area (Å²) in [6, 6.07) is 23.0. The van der Waals surface area contributed by atoms with Crippen LogP contribution in [0.3, 0.4) is 0 Å². The summed E-state index contributed by atoms with van der Waals surface area (Å²) < 4.78 is 1.04. The molecule has 0 aliphatic carbocycles. The van der Waals surface area contributed by atoms with Crippen molar-refractivity contribution in [3.63, 3.8) is 0 Å². The predicted molar refractivity (Wildman–Crippen MR) is 116 cm³/mol. The molecule has 0 aliphatic heterocycles. The van der Waals surface area contributed by atoms with Crippen molar-refractivity contribution >= 4 is 33.4 Å². The van der Waals surface area contributed by atoms with Crippen LogP contribution in [0.4, 0.5) is 0 Å². The van der Waals surface area contributed by atoms with Gasteiger partial charge in [-0.15, -0.1) is 11.3 Å². The second kappa shape index (κ2) is 8.86. The maximum atomic E-state index is 12.4. The number of benzene rings is 3. The highest BCUT2D eigenvalue weighted by Gasteiger charge is 2.11. The summed E-state index contributed by atoms with van der Waals surface area (Å²) in [5.41, 5.74) is 5.83. The molecule has 0 spiro atoms. The molecule has 2 amide bonds. The monoisotopic (exact) mass is 417 g/mol. The number of fused-ring (bicyclic) bond motifs is 1. The molecule has 0 aliphatic rings. The van der Waals surface area contributed by atoms with Gasteiger partial charge in [-0.3, -0.25) is 14.8 Å². The van der Waals surface area contributed by atoms with Gasteiger partial charge < -0.3 is 5.32 Å². The summed E-state index contributed by atoms with van der Waals surface area (Å²) in [4.78, 5) is 28.4. The van der Waals surface area contributed by atoms with E-state index in [9.17, 15) is 9.59 Å². The molecule has 0 radical (unpaired) electrons. The maximum absolute atomic E-state index is 12.4. The average Bonchev–Trinajstić information content (AvgIpc) is 3.19. The van der Waals surface area contributed by atoms with Gasteiger partial charge in [0.2, 0.25) is 5.91 Å². The minimum atomic E-state index is -0.590. The van der Waals surface area contributed by atoms with E-state index in [2.05, 4.69) is 28.5 Å². The Morgan fingerprint density at radius 2 is 1.77 bits per heavy atom. The Labute approximate surface area is 177 Å². The first-order valence-corrected chi connectivity index (χ1v) is 10.2. The van der Waals surface area contributed by atoms with Gasteiger partial charge in [0.15, 0.2) is 0 Å². The van der Waals surface area contributed by atoms with Crippen LogP contribution in [0.15, 0.2) is 72.8 Å². The van der Waals surface area contributed by atoms with Crippen LogP contribution in [-0.2, 0) is 17.8 Å². The Bertz CT molecular complexity index is 1200. The number of hydrogen-bond acceptors (Lipinski definition) is 5. The molecular weight excluding hydrogens is 398 g/mol. The molecule has 1 aromatic heterocycles. The summed E-state index contributed by atoms with van der Waals surface area (Å²) in [5, 5.41) is 12.3. The quantitative estimate of drug-likeness (QED) is 0.327. The Balaban J connectivity index is 1.41. The van der Waals surface area contributed by atoms with Crippen LogP contribution >= 0.6 is 11.3 Å². The number of carbonyl (C=O) groups is 2. The van der Waals surface area contributed by atoms with E-state index in [0.717, 1.165) is 31.9 Å². The lowest BCUT2D eigenvalue weighted by Crippen LogP contribution is -2.25. The smallest absolute Gasteiger partial charge is 0.274 e. The third-order valence-electron chi connectivity index (χ3n) is 4.63. The van der Waals surface area contributed by atoms with Gasteiger partial charge in [0.05, 0.1) is 16.6 Å². The molecule has 1 heterocycles. The highest BCUT2D eigenvalue weighted by Crippen LogP contribution is 2.28. The number of carbonyl (C=O) groups excluding carboxylic acids is 2. The first-order valence-electron chi connectivity index (χ1n) is 9.37. The summed E-state index contributed by atoms with van der Waals surface area (Å²) in [5.74, 6) is -0.734. The lowest BCUT2D eigenvalue weighted by Gasteiger charge is -2.06. The van der Waals surface area contributed by atoms with Crippen LogP contribution in [-0.4, -0.2) is 22.0 Å². The van der Waals surface area contributed by atoms with Gasteiger partial charge in [-0.25, -0.2) is 10.5 Å². The van der Waals surface area contributed by atoms with Crippen molar-refractivity contribution in [2.75, 3.05) is 0 Å². The Kier molecular flexibility index (Phi) is 5.83. The number of thiazole rings is 1. The van der Waals surface area contributed by atoms with Crippen LogP contribution in [0.1, 0.15) is 20.9 Å². The molecular formula is C23H19N3O3S. The number of nitrogens with one attached hydrogen (secondary N) is 2. The SMILES string of the molecule is O=C(Cc1nc2ccc(-c3ccccc3)cc2s1)NCc1cccc(C(=O)NO)c1. The van der Waals surface area contributed by atoms with Gasteiger partial charge in [0.25, 0.3) is 5.91 Å². The summed E-state index contributed by atoms with van der Waals surface area (Å²) in [7, 11) is 0. The van der Waals surface area contributed by atoms with Crippen molar-refractivity contribution in [2.24, 2.45) is 0 Å². The minimum absolute atomic E-state index is 0.144. The van der Waals surface area contributed by atoms with Crippen molar-refractivity contribution in [3.05, 3.63) is 88.9 Å². The Morgan fingerprint density at radius 3 is 2.57 bits per heavy atom. The average molecular weight is 417 g/mol. The molecule has 4 rings (SSSR count). The van der Waals surface area contributed by atoms with Gasteiger partial charge in [-0.1, -0.05) is 48.5 Å². The number of aromatic nitrogens is 1. The van der Waals surface area contributed by atoms with Crippen LogP contribution in [0, 0.1) is 0 Å². The molecule has 0 saturated heterocycles. The largest absolute Gasteiger partial charge is 0.352 e. The van der Waals surface area contributed by atoms with Gasteiger partial charge >= 0.3 is 0 Å². The normalized spacial score (nSPS) is 10.7. The second-order valence-corrected chi connectivity index (χ2v) is 7.87. The zero-order valence-corrected chi connectivity index (χ0v) is 16.8. The fraction of sp³-hybridized carbons (Fsp3) is 0.0870. The number of rotatable bonds is 6. The molecule has 0 fully saturated rings. The molecule has 0 saturated carbocycles. The highest BCUT2D eigenvalue weighted by molar-refractivity contribution is 7.18. The van der Waals surface area contributed by atoms with E-state index >= 15 is 0 Å². The number of nitrogens with zero attached hydrogens (tertiary/aromatic N) is 1. The number of hydrogen-bond donors (Lipinski definition) is 3. The lowest BCUT2D eigenvalue weighted by atomic mass is 10.1. The third kappa shape index (κ3) is 4.53. The predicted octanol–water partition coefficient (Wildman–Crippen LogP) is 3.94. The standard InChI is InChI=1S/C23H19N3O3S/c27-21(24-14-15-5-4-8-18(11-15)23(28)26-29)13-22-25-19-10-9-17(12-20(19)30-22)16-6-2-1-3-7-16/h1-12,29H,13-14H2,(H,24,27)(H,26,28). The fourth-order valence-electron chi connectivity index (χ4n) is 3.15. The Morgan fingerprint density at radius 1 is 0.933 bits per heavy atom. The van der Waals surface area contributed by atoms with E-state index in [1.807, 2.05) is 30.3 Å². The molecule has 3 aromatic carbocycles. The molecule has 7 heteroatoms. The zero-order valence-electron chi connectivity index (χ0n) is 16.0. The summed E-state index contributed by atoms with van der Waals surface area (Å²) in [6.45, 7) is 0.286. The third-order valence-corrected chi connectivity index (χ3v) is 5.65. The lowest BCUT2D eigenvalue weighted by molar-refractivity contribution is -0.120. The number of hydroxylamine groups is 1.